The van der Waals surface area contributed by atoms with Crippen molar-refractivity contribution >= 4 is 22.5 Å². The quantitative estimate of drug-likeness (QED) is 0.811. The molecule has 0 N–H and O–H groups in total. The van der Waals surface area contributed by atoms with Crippen LogP contribution in [0.2, 0.25) is 0 Å². The molecule has 2 aromatic rings. The lowest BCUT2D eigenvalue weighted by Gasteiger charge is -2.33. The van der Waals surface area contributed by atoms with E-state index in [4.69, 9.17) is 21.1 Å². The Labute approximate surface area is 134 Å². The van der Waals surface area contributed by atoms with E-state index in [9.17, 15) is 4.79 Å². The molecular weight excluding hydrogens is 302 g/mol. The van der Waals surface area contributed by atoms with E-state index in [-0.39, 0.29) is 6.10 Å². The van der Waals surface area contributed by atoms with Crippen LogP contribution in [0.4, 0.5) is 5.69 Å². The van der Waals surface area contributed by atoms with E-state index in [1.807, 2.05) is 31.3 Å². The summed E-state index contributed by atoms with van der Waals surface area (Å²) in [6, 6.07) is 14.7. The summed E-state index contributed by atoms with van der Waals surface area (Å²) in [6.45, 7) is 1.20. The molecule has 0 aliphatic carbocycles. The van der Waals surface area contributed by atoms with E-state index < -0.39 is 5.24 Å². The molecule has 0 bridgehead atoms. The lowest BCUT2D eigenvalue weighted by atomic mass is 10.2. The number of likely N-dealkylation sites (N-methyl/N-ethyl adjacent to an activating group) is 1. The van der Waals surface area contributed by atoms with Crippen LogP contribution in [0.25, 0.3) is 0 Å². The maximum absolute atomic E-state index is 11.0. The van der Waals surface area contributed by atoms with Gasteiger partial charge < -0.3 is 14.4 Å². The highest BCUT2D eigenvalue weighted by Crippen LogP contribution is 2.32. The molecule has 0 unspecified atom stereocenters. The molecule has 2 aromatic carbocycles. The molecule has 1 aliphatic rings. The number of ether oxygens (including phenoxy) is 2. The van der Waals surface area contributed by atoms with Gasteiger partial charge in [-0.1, -0.05) is 12.1 Å². The maximum atomic E-state index is 11.0. The molecule has 1 atom stereocenters. The fourth-order valence-electron chi connectivity index (χ4n) is 2.45. The Balaban J connectivity index is 1.62. The summed E-state index contributed by atoms with van der Waals surface area (Å²) in [5.74, 6) is 1.56. The number of carbonyl (C=O) groups is 1. The van der Waals surface area contributed by atoms with Crippen LogP contribution in [-0.2, 0) is 0 Å². The average molecular weight is 318 g/mol. The minimum absolute atomic E-state index is 0.0470. The first-order valence-electron chi connectivity index (χ1n) is 7.03. The second-order valence-electron chi connectivity index (χ2n) is 5.20. The van der Waals surface area contributed by atoms with Crippen molar-refractivity contribution in [1.29, 1.82) is 0 Å². The van der Waals surface area contributed by atoms with Crippen molar-refractivity contribution in [3.8, 4) is 11.5 Å². The number of fused-ring (bicyclic) bond motifs is 1. The van der Waals surface area contributed by atoms with Gasteiger partial charge in [-0.15, -0.1) is 0 Å². The third-order valence-electron chi connectivity index (χ3n) is 3.56. The van der Waals surface area contributed by atoms with Gasteiger partial charge in [0.2, 0.25) is 0 Å². The molecule has 1 heterocycles. The Morgan fingerprint density at radius 1 is 1.27 bits per heavy atom. The molecule has 0 amide bonds. The van der Waals surface area contributed by atoms with E-state index in [1.54, 1.807) is 24.3 Å². The van der Waals surface area contributed by atoms with Crippen LogP contribution < -0.4 is 14.4 Å². The summed E-state index contributed by atoms with van der Waals surface area (Å²) in [4.78, 5) is 13.2. The summed E-state index contributed by atoms with van der Waals surface area (Å²) >= 11 is 5.41. The van der Waals surface area contributed by atoms with Crippen LogP contribution in [-0.4, -0.2) is 31.5 Å². The zero-order valence-electron chi connectivity index (χ0n) is 12.2. The first-order chi connectivity index (χ1) is 10.6. The normalized spacial score (nSPS) is 16.6. The van der Waals surface area contributed by atoms with Gasteiger partial charge >= 0.3 is 0 Å². The maximum Gasteiger partial charge on any atom is 0.252 e. The van der Waals surface area contributed by atoms with Gasteiger partial charge in [-0.3, -0.25) is 4.79 Å². The van der Waals surface area contributed by atoms with Gasteiger partial charge in [0, 0.05) is 12.6 Å². The Hall–Kier alpha value is -2.20. The van der Waals surface area contributed by atoms with E-state index in [0.29, 0.717) is 17.9 Å². The molecule has 0 saturated carbocycles. The highest BCUT2D eigenvalue weighted by atomic mass is 35.5. The van der Waals surface area contributed by atoms with Crippen molar-refractivity contribution in [2.75, 3.05) is 25.1 Å². The second-order valence-corrected chi connectivity index (χ2v) is 5.54. The molecule has 0 radical (unpaired) electrons. The number of rotatable bonds is 4. The highest BCUT2D eigenvalue weighted by molar-refractivity contribution is 6.67. The van der Waals surface area contributed by atoms with Gasteiger partial charge in [0.25, 0.3) is 5.24 Å². The molecule has 1 aliphatic heterocycles. The second kappa shape index (κ2) is 6.28. The van der Waals surface area contributed by atoms with Crippen molar-refractivity contribution in [1.82, 2.24) is 0 Å². The molecule has 5 heteroatoms. The van der Waals surface area contributed by atoms with E-state index in [2.05, 4.69) is 4.90 Å². The van der Waals surface area contributed by atoms with Crippen molar-refractivity contribution in [3.05, 3.63) is 54.1 Å². The van der Waals surface area contributed by atoms with Crippen LogP contribution >= 0.6 is 11.6 Å². The summed E-state index contributed by atoms with van der Waals surface area (Å²) < 4.78 is 11.7. The van der Waals surface area contributed by atoms with Crippen LogP contribution in [0.15, 0.2) is 48.5 Å². The number of hydrogen-bond acceptors (Lipinski definition) is 4. The molecule has 0 spiro atoms. The first-order valence-corrected chi connectivity index (χ1v) is 7.41. The molecule has 0 aromatic heterocycles. The molecular formula is C17H16ClNO3. The number of carbonyl (C=O) groups excluding carboxylic acids is 1. The van der Waals surface area contributed by atoms with Crippen molar-refractivity contribution in [3.63, 3.8) is 0 Å². The van der Waals surface area contributed by atoms with Crippen LogP contribution in [0, 0.1) is 0 Å². The highest BCUT2D eigenvalue weighted by Gasteiger charge is 2.23. The molecule has 4 nitrogen and oxygen atoms in total. The number of halogens is 1. The van der Waals surface area contributed by atoms with Crippen molar-refractivity contribution in [2.45, 2.75) is 6.10 Å². The average Bonchev–Trinajstić information content (AvgIpc) is 2.53. The zero-order valence-corrected chi connectivity index (χ0v) is 12.9. The molecule has 22 heavy (non-hydrogen) atoms. The topological polar surface area (TPSA) is 38.8 Å². The van der Waals surface area contributed by atoms with Crippen LogP contribution in [0.3, 0.4) is 0 Å². The largest absolute Gasteiger partial charge is 0.490 e. The smallest absolute Gasteiger partial charge is 0.252 e. The SMILES string of the molecule is CN1C[C@@H](COc2ccc(C(=O)Cl)cc2)Oc2ccccc21. The fraction of sp³-hybridized carbons (Fsp3) is 0.235. The van der Waals surface area contributed by atoms with Gasteiger partial charge in [-0.05, 0) is 48.0 Å². The molecule has 0 saturated heterocycles. The number of benzene rings is 2. The first kappa shape index (κ1) is 14.7. The Bertz CT molecular complexity index is 672. The zero-order chi connectivity index (χ0) is 15.5. The van der Waals surface area contributed by atoms with Gasteiger partial charge in [-0.2, -0.15) is 0 Å². The molecule has 3 rings (SSSR count). The molecule has 114 valence electrons. The third kappa shape index (κ3) is 3.17. The van der Waals surface area contributed by atoms with Gasteiger partial charge in [0.15, 0.2) is 0 Å². The van der Waals surface area contributed by atoms with E-state index >= 15 is 0 Å². The summed E-state index contributed by atoms with van der Waals surface area (Å²) in [7, 11) is 2.04. The van der Waals surface area contributed by atoms with Crippen LogP contribution in [0.5, 0.6) is 11.5 Å². The third-order valence-corrected chi connectivity index (χ3v) is 3.78. The van der Waals surface area contributed by atoms with Crippen LogP contribution in [0.1, 0.15) is 10.4 Å². The lowest BCUT2D eigenvalue weighted by molar-refractivity contribution is 0.108. The fourth-order valence-corrected chi connectivity index (χ4v) is 2.58. The minimum Gasteiger partial charge on any atom is -0.490 e. The van der Waals surface area contributed by atoms with E-state index in [1.165, 1.54) is 0 Å². The standard InChI is InChI=1S/C17H16ClNO3/c1-19-10-14(22-16-5-3-2-4-15(16)19)11-21-13-8-6-12(7-9-13)17(18)20/h2-9,14H,10-11H2,1H3/t14-/m0/s1. The number of hydrogen-bond donors (Lipinski definition) is 0. The summed E-state index contributed by atoms with van der Waals surface area (Å²) in [6.07, 6.45) is -0.0470. The van der Waals surface area contributed by atoms with Gasteiger partial charge in [0.05, 0.1) is 12.2 Å². The number of para-hydroxylation sites is 2. The number of nitrogens with zero attached hydrogens (tertiary/aromatic N) is 1. The molecule has 0 fully saturated rings. The predicted octanol–water partition coefficient (Wildman–Crippen LogP) is 3.34. The summed E-state index contributed by atoms with van der Waals surface area (Å²) in [5, 5.41) is -0.472. The monoisotopic (exact) mass is 317 g/mol. The van der Waals surface area contributed by atoms with E-state index in [0.717, 1.165) is 18.0 Å². The minimum atomic E-state index is -0.472. The van der Waals surface area contributed by atoms with Gasteiger partial charge in [-0.25, -0.2) is 0 Å². The Morgan fingerprint density at radius 2 is 2.00 bits per heavy atom. The van der Waals surface area contributed by atoms with Crippen molar-refractivity contribution in [2.24, 2.45) is 0 Å². The lowest BCUT2D eigenvalue weighted by Crippen LogP contribution is -2.41. The van der Waals surface area contributed by atoms with Crippen molar-refractivity contribution < 1.29 is 14.3 Å². The Kier molecular flexibility index (Phi) is 4.20. The Morgan fingerprint density at radius 3 is 2.73 bits per heavy atom. The van der Waals surface area contributed by atoms with Gasteiger partial charge in [0.1, 0.15) is 24.2 Å². The number of anilines is 1. The predicted molar refractivity (Wildman–Crippen MR) is 86.2 cm³/mol. The summed E-state index contributed by atoms with van der Waals surface area (Å²) in [5.41, 5.74) is 1.54.